The number of carbonyl (C=O) groups excluding carboxylic acids is 1. The summed E-state index contributed by atoms with van der Waals surface area (Å²) in [6, 6.07) is 28.6. The van der Waals surface area contributed by atoms with Crippen molar-refractivity contribution < 1.29 is 9.53 Å². The number of rotatable bonds is 6. The first-order valence-electron chi connectivity index (χ1n) is 10.8. The number of ether oxygens (including phenoxy) is 1. The molecular weight excluding hydrogens is 448 g/mol. The van der Waals surface area contributed by atoms with Gasteiger partial charge in [-0.2, -0.15) is 0 Å². The lowest BCUT2D eigenvalue weighted by molar-refractivity contribution is -0.136. The van der Waals surface area contributed by atoms with Gasteiger partial charge in [-0.05, 0) is 47.2 Å². The molecule has 3 heterocycles. The van der Waals surface area contributed by atoms with Crippen molar-refractivity contribution in [2.24, 2.45) is 0 Å². The first-order valence-corrected chi connectivity index (χ1v) is 12.6. The predicted octanol–water partition coefficient (Wildman–Crippen LogP) is 7.04. The summed E-state index contributed by atoms with van der Waals surface area (Å²) in [6.45, 7) is 0. The van der Waals surface area contributed by atoms with Gasteiger partial charge >= 0.3 is 5.97 Å². The molecule has 1 aliphatic heterocycles. The van der Waals surface area contributed by atoms with Crippen LogP contribution in [-0.4, -0.2) is 13.1 Å². The summed E-state index contributed by atoms with van der Waals surface area (Å²) in [5.74, 6) is -0.308. The third-order valence-corrected chi connectivity index (χ3v) is 7.72. The number of hydrogen-bond acceptors (Lipinski definition) is 6. The van der Waals surface area contributed by atoms with Crippen LogP contribution in [0, 0.1) is 0 Å². The molecule has 166 valence electrons. The normalized spacial score (nSPS) is 18.3. The lowest BCUT2D eigenvalue weighted by atomic mass is 9.89. The first-order chi connectivity index (χ1) is 16.3. The van der Waals surface area contributed by atoms with Crippen molar-refractivity contribution in [3.05, 3.63) is 117 Å². The second-order valence-corrected chi connectivity index (χ2v) is 9.73. The van der Waals surface area contributed by atoms with Crippen molar-refractivity contribution in [3.63, 3.8) is 0 Å². The van der Waals surface area contributed by atoms with Crippen molar-refractivity contribution in [3.8, 4) is 0 Å². The Morgan fingerprint density at radius 3 is 2.12 bits per heavy atom. The van der Waals surface area contributed by atoms with Gasteiger partial charge in [-0.3, -0.25) is 0 Å². The van der Waals surface area contributed by atoms with Crippen LogP contribution in [0.3, 0.4) is 0 Å². The van der Waals surface area contributed by atoms with Crippen LogP contribution in [0.15, 0.2) is 107 Å². The van der Waals surface area contributed by atoms with Crippen LogP contribution in [0.2, 0.25) is 0 Å². The van der Waals surface area contributed by atoms with Crippen LogP contribution in [0.25, 0.3) is 0 Å². The van der Waals surface area contributed by atoms with E-state index in [0.717, 1.165) is 21.9 Å². The molecule has 0 saturated carbocycles. The van der Waals surface area contributed by atoms with Gasteiger partial charge in [0.1, 0.15) is 0 Å². The molecule has 2 aromatic carbocycles. The van der Waals surface area contributed by atoms with Crippen LogP contribution < -0.4 is 10.2 Å². The Kier molecular flexibility index (Phi) is 6.28. The van der Waals surface area contributed by atoms with Crippen LogP contribution >= 0.6 is 22.7 Å². The second kappa shape index (κ2) is 9.65. The number of para-hydroxylation sites is 2. The SMILES string of the molecule is COC(=O)C1=C(Nc2ccccc2)C[C@@H](c2cccs2)N(c2ccccc2)[C@@H]1c1cccs1. The number of thiophene rings is 2. The Hall–Kier alpha value is -3.35. The van der Waals surface area contributed by atoms with Gasteiger partial charge in [0, 0.05) is 33.2 Å². The van der Waals surface area contributed by atoms with Gasteiger partial charge in [-0.1, -0.05) is 48.5 Å². The standard InChI is InChI=1S/C27H24N2O2S2/c1-31-27(30)25-21(28-19-10-4-2-5-11-19)18-22(23-14-8-16-32-23)29(20-12-6-3-7-13-20)26(25)24-15-9-17-33-24/h2-17,22,26,28H,18H2,1H3/t22-,26+/m0/s1. The first kappa shape index (κ1) is 21.5. The summed E-state index contributed by atoms with van der Waals surface area (Å²) in [5, 5.41) is 7.74. The minimum atomic E-state index is -0.308. The smallest absolute Gasteiger partial charge is 0.338 e. The summed E-state index contributed by atoms with van der Waals surface area (Å²) in [4.78, 5) is 18.0. The second-order valence-electron chi connectivity index (χ2n) is 7.77. The van der Waals surface area contributed by atoms with E-state index < -0.39 is 0 Å². The molecule has 33 heavy (non-hydrogen) atoms. The minimum Gasteiger partial charge on any atom is -0.466 e. The fraction of sp³-hybridized carbons (Fsp3) is 0.148. The Labute approximate surface area is 201 Å². The van der Waals surface area contributed by atoms with E-state index >= 15 is 0 Å². The van der Waals surface area contributed by atoms with Gasteiger partial charge < -0.3 is 15.0 Å². The summed E-state index contributed by atoms with van der Waals surface area (Å²) in [6.07, 6.45) is 0.663. The number of nitrogens with one attached hydrogen (secondary N) is 1. The van der Waals surface area contributed by atoms with Gasteiger partial charge in [-0.15, -0.1) is 22.7 Å². The maximum Gasteiger partial charge on any atom is 0.338 e. The van der Waals surface area contributed by atoms with Crippen LogP contribution in [-0.2, 0) is 9.53 Å². The van der Waals surface area contributed by atoms with Crippen molar-refractivity contribution >= 4 is 40.0 Å². The van der Waals surface area contributed by atoms with E-state index in [9.17, 15) is 4.79 Å². The molecule has 0 amide bonds. The van der Waals surface area contributed by atoms with Crippen molar-refractivity contribution in [2.75, 3.05) is 17.3 Å². The molecule has 1 N–H and O–H groups in total. The highest BCUT2D eigenvalue weighted by Gasteiger charge is 2.42. The van der Waals surface area contributed by atoms with E-state index in [4.69, 9.17) is 4.74 Å². The molecule has 0 radical (unpaired) electrons. The summed E-state index contributed by atoms with van der Waals surface area (Å²) >= 11 is 3.41. The number of nitrogens with zero attached hydrogens (tertiary/aromatic N) is 1. The number of carbonyl (C=O) groups is 1. The van der Waals surface area contributed by atoms with Crippen molar-refractivity contribution in [2.45, 2.75) is 18.5 Å². The third kappa shape index (κ3) is 4.32. The molecule has 6 heteroatoms. The van der Waals surface area contributed by atoms with E-state index in [1.54, 1.807) is 22.7 Å². The zero-order valence-corrected chi connectivity index (χ0v) is 19.8. The Bertz CT molecular complexity index is 1220. The summed E-state index contributed by atoms with van der Waals surface area (Å²) < 4.78 is 5.34. The molecule has 0 spiro atoms. The monoisotopic (exact) mass is 472 g/mol. The molecule has 0 unspecified atom stereocenters. The highest BCUT2D eigenvalue weighted by atomic mass is 32.1. The quantitative estimate of drug-likeness (QED) is 0.306. The van der Waals surface area contributed by atoms with Crippen LogP contribution in [0.4, 0.5) is 11.4 Å². The van der Waals surface area contributed by atoms with Crippen molar-refractivity contribution in [1.29, 1.82) is 0 Å². The lowest BCUT2D eigenvalue weighted by Crippen LogP contribution is -2.41. The van der Waals surface area contributed by atoms with Crippen LogP contribution in [0.5, 0.6) is 0 Å². The van der Waals surface area contributed by atoms with E-state index in [1.807, 2.05) is 54.6 Å². The van der Waals surface area contributed by atoms with Crippen LogP contribution in [0.1, 0.15) is 28.3 Å². The molecule has 0 bridgehead atoms. The topological polar surface area (TPSA) is 41.6 Å². The average molecular weight is 473 g/mol. The molecule has 2 aromatic heterocycles. The number of esters is 1. The largest absolute Gasteiger partial charge is 0.466 e. The summed E-state index contributed by atoms with van der Waals surface area (Å²) in [5.41, 5.74) is 3.59. The zero-order valence-electron chi connectivity index (χ0n) is 18.2. The molecule has 0 saturated heterocycles. The van der Waals surface area contributed by atoms with E-state index in [2.05, 4.69) is 51.3 Å². The van der Waals surface area contributed by atoms with Gasteiger partial charge in [0.05, 0.1) is 24.8 Å². The molecule has 4 nitrogen and oxygen atoms in total. The number of anilines is 2. The predicted molar refractivity (Wildman–Crippen MR) is 137 cm³/mol. The molecule has 1 aliphatic rings. The van der Waals surface area contributed by atoms with Gasteiger partial charge in [0.25, 0.3) is 0 Å². The summed E-state index contributed by atoms with van der Waals surface area (Å²) in [7, 11) is 1.46. The molecule has 0 fully saturated rings. The maximum atomic E-state index is 13.3. The van der Waals surface area contributed by atoms with Crippen molar-refractivity contribution in [1.82, 2.24) is 0 Å². The number of benzene rings is 2. The Morgan fingerprint density at radius 1 is 0.879 bits per heavy atom. The van der Waals surface area contributed by atoms with E-state index in [0.29, 0.717) is 12.0 Å². The van der Waals surface area contributed by atoms with Gasteiger partial charge in [0.15, 0.2) is 0 Å². The third-order valence-electron chi connectivity index (χ3n) is 5.82. The van der Waals surface area contributed by atoms with Gasteiger partial charge in [-0.25, -0.2) is 4.79 Å². The van der Waals surface area contributed by atoms with Gasteiger partial charge in [0.2, 0.25) is 0 Å². The average Bonchev–Trinajstić information content (AvgIpc) is 3.59. The fourth-order valence-corrected chi connectivity index (χ4v) is 6.08. The number of hydrogen-bond donors (Lipinski definition) is 1. The highest BCUT2D eigenvalue weighted by Crippen LogP contribution is 2.49. The van der Waals surface area contributed by atoms with E-state index in [-0.39, 0.29) is 18.1 Å². The molecule has 2 atom stereocenters. The highest BCUT2D eigenvalue weighted by molar-refractivity contribution is 7.10. The molecular formula is C27H24N2O2S2. The lowest BCUT2D eigenvalue weighted by Gasteiger charge is -2.44. The Morgan fingerprint density at radius 2 is 1.52 bits per heavy atom. The fourth-order valence-electron chi connectivity index (χ4n) is 4.42. The Balaban J connectivity index is 1.73. The maximum absolute atomic E-state index is 13.3. The molecule has 0 aliphatic carbocycles. The zero-order chi connectivity index (χ0) is 22.6. The molecule has 4 aromatic rings. The minimum absolute atomic E-state index is 0.0686. The van der Waals surface area contributed by atoms with E-state index in [1.165, 1.54) is 12.0 Å². The molecule has 5 rings (SSSR count). The number of methoxy groups -OCH3 is 1.